The second-order valence-corrected chi connectivity index (χ2v) is 16.8. The SMILES string of the molecule is CC(C)c1cc(N2C(=S)N(c3ccc(C#N)c(C(F)(F)F)c3)C(=O)C2(C)C)cnc1OCCN1C[C@@H](C)N(CC(=O)Nc2cc(C#N)cc(NC3CCC(=O)NC3=O)c2)C[C@H]1C. The maximum atomic E-state index is 13.8. The zero-order valence-corrected chi connectivity index (χ0v) is 35.9. The molecule has 0 bridgehead atoms. The number of rotatable bonds is 12. The minimum Gasteiger partial charge on any atom is -0.476 e. The number of halogens is 3. The number of anilines is 4. The number of imide groups is 1. The van der Waals surface area contributed by atoms with Crippen molar-refractivity contribution in [2.24, 2.45) is 0 Å². The number of alkyl halides is 3. The van der Waals surface area contributed by atoms with Crippen LogP contribution in [-0.4, -0.2) is 100.0 Å². The number of carbonyl (C=O) groups is 4. The minimum atomic E-state index is -4.82. The molecular weight excluding hydrogens is 826 g/mol. The smallest absolute Gasteiger partial charge is 0.417 e. The van der Waals surface area contributed by atoms with Crippen LogP contribution in [0.2, 0.25) is 0 Å². The van der Waals surface area contributed by atoms with Crippen LogP contribution in [-0.2, 0) is 25.4 Å². The van der Waals surface area contributed by atoms with Crippen molar-refractivity contribution in [3.8, 4) is 18.0 Å². The Morgan fingerprint density at radius 3 is 2.37 bits per heavy atom. The Morgan fingerprint density at radius 2 is 1.71 bits per heavy atom. The van der Waals surface area contributed by atoms with Gasteiger partial charge in [-0.1, -0.05) is 13.8 Å². The Hall–Kier alpha value is -6.15. The van der Waals surface area contributed by atoms with Crippen molar-refractivity contribution in [3.05, 3.63) is 70.9 Å². The van der Waals surface area contributed by atoms with Crippen molar-refractivity contribution >= 4 is 63.7 Å². The number of benzene rings is 2. The molecule has 4 amide bonds. The van der Waals surface area contributed by atoms with Crippen LogP contribution in [0.25, 0.3) is 0 Å². The van der Waals surface area contributed by atoms with Gasteiger partial charge in [-0.2, -0.15) is 23.7 Å². The first-order chi connectivity index (χ1) is 29.2. The number of thiocarbonyl (C=S) groups is 1. The third-order valence-electron chi connectivity index (χ3n) is 11.2. The largest absolute Gasteiger partial charge is 0.476 e. The number of nitrogens with one attached hydrogen (secondary N) is 3. The van der Waals surface area contributed by atoms with E-state index in [4.69, 9.17) is 17.0 Å². The summed E-state index contributed by atoms with van der Waals surface area (Å²) in [6, 6.07) is 12.7. The van der Waals surface area contributed by atoms with E-state index < -0.39 is 40.7 Å². The Labute approximate surface area is 362 Å². The zero-order chi connectivity index (χ0) is 45.3. The van der Waals surface area contributed by atoms with Gasteiger partial charge in [0.1, 0.15) is 18.2 Å². The van der Waals surface area contributed by atoms with Gasteiger partial charge >= 0.3 is 6.18 Å². The number of piperazine rings is 1. The molecule has 3 fully saturated rings. The molecule has 3 aliphatic heterocycles. The van der Waals surface area contributed by atoms with Crippen molar-refractivity contribution in [2.75, 3.05) is 53.2 Å². The van der Waals surface area contributed by atoms with E-state index in [0.717, 1.165) is 22.6 Å². The fraction of sp³-hybridized carbons (Fsp3) is 0.442. The van der Waals surface area contributed by atoms with Gasteiger partial charge in [0.05, 0.1) is 52.9 Å². The van der Waals surface area contributed by atoms with Crippen LogP contribution in [0.1, 0.15) is 82.6 Å². The highest BCUT2D eigenvalue weighted by Gasteiger charge is 2.51. The van der Waals surface area contributed by atoms with Crippen LogP contribution >= 0.6 is 12.2 Å². The molecule has 19 heteroatoms. The number of nitriles is 2. The van der Waals surface area contributed by atoms with Gasteiger partial charge < -0.3 is 20.3 Å². The molecule has 2 aromatic carbocycles. The molecule has 3 aliphatic rings. The molecule has 4 heterocycles. The van der Waals surface area contributed by atoms with Gasteiger partial charge in [0.2, 0.25) is 23.6 Å². The molecule has 15 nitrogen and oxygen atoms in total. The normalized spacial score (nSPS) is 20.8. The molecule has 3 N–H and O–H groups in total. The number of pyridine rings is 1. The van der Waals surface area contributed by atoms with Crippen LogP contribution < -0.4 is 30.5 Å². The van der Waals surface area contributed by atoms with Gasteiger partial charge in [-0.05, 0) is 94.7 Å². The van der Waals surface area contributed by atoms with Crippen LogP contribution in [0.4, 0.5) is 35.9 Å². The highest BCUT2D eigenvalue weighted by atomic mass is 32.1. The molecule has 62 heavy (non-hydrogen) atoms. The average Bonchev–Trinajstić information content (AvgIpc) is 3.38. The van der Waals surface area contributed by atoms with Crippen LogP contribution in [0, 0.1) is 22.7 Å². The lowest BCUT2D eigenvalue weighted by molar-refractivity contribution is -0.138. The van der Waals surface area contributed by atoms with Crippen LogP contribution in [0.5, 0.6) is 5.88 Å². The summed E-state index contributed by atoms with van der Waals surface area (Å²) in [6.07, 6.45) is -2.80. The zero-order valence-electron chi connectivity index (χ0n) is 35.1. The van der Waals surface area contributed by atoms with E-state index in [1.54, 1.807) is 43.0 Å². The molecule has 326 valence electrons. The number of hydrogen-bond acceptors (Lipinski definition) is 12. The molecule has 1 aromatic heterocycles. The molecule has 1 unspecified atom stereocenters. The summed E-state index contributed by atoms with van der Waals surface area (Å²) < 4.78 is 47.7. The lowest BCUT2D eigenvalue weighted by atomic mass is 10.0. The molecule has 3 saturated heterocycles. The van der Waals surface area contributed by atoms with Crippen molar-refractivity contribution < 1.29 is 37.1 Å². The highest BCUT2D eigenvalue weighted by Crippen LogP contribution is 2.41. The highest BCUT2D eigenvalue weighted by molar-refractivity contribution is 7.81. The minimum absolute atomic E-state index is 0.00930. The first kappa shape index (κ1) is 45.4. The second-order valence-electron chi connectivity index (χ2n) is 16.5. The number of aromatic nitrogens is 1. The van der Waals surface area contributed by atoms with Crippen molar-refractivity contribution in [2.45, 2.75) is 90.1 Å². The van der Waals surface area contributed by atoms with E-state index in [1.807, 2.05) is 26.8 Å². The summed E-state index contributed by atoms with van der Waals surface area (Å²) in [5, 5.41) is 27.1. The fourth-order valence-electron chi connectivity index (χ4n) is 7.90. The molecule has 0 radical (unpaired) electrons. The standard InChI is InChI=1S/C43H47F3N10O5S/c1-24(2)33-16-32(56-41(62)55(40(60)42(56,5)6)31-8-7-28(19-48)34(17-31)43(44,45)46)20-49-39(33)61-12-11-53-21-26(4)54(22-25(53)3)23-37(58)51-30-14-27(18-47)13-29(15-30)50-35-9-10-36(57)52-38(35)59/h7-8,13-17,20,24-26,35,50H,9-12,21-23H2,1-6H3,(H,51,58)(H,52,57,59)/t25-,26-,35?/m1/s1. The number of carbonyl (C=O) groups excluding carboxylic acids is 4. The second kappa shape index (κ2) is 18.1. The summed E-state index contributed by atoms with van der Waals surface area (Å²) >= 11 is 5.72. The Kier molecular flexibility index (Phi) is 13.2. The molecule has 0 spiro atoms. The Morgan fingerprint density at radius 1 is 1.02 bits per heavy atom. The number of amides is 4. The molecule has 3 atom stereocenters. The summed E-state index contributed by atoms with van der Waals surface area (Å²) in [4.78, 5) is 62.4. The third-order valence-corrected chi connectivity index (χ3v) is 11.6. The maximum absolute atomic E-state index is 13.8. The Balaban J connectivity index is 1.06. The lowest BCUT2D eigenvalue weighted by Crippen LogP contribution is -2.58. The predicted octanol–water partition coefficient (Wildman–Crippen LogP) is 5.51. The van der Waals surface area contributed by atoms with E-state index >= 15 is 0 Å². The van der Waals surface area contributed by atoms with Gasteiger partial charge in [-0.3, -0.25) is 39.2 Å². The topological polar surface area (TPSA) is 187 Å². The molecule has 0 aliphatic carbocycles. The van der Waals surface area contributed by atoms with E-state index in [-0.39, 0.29) is 53.6 Å². The van der Waals surface area contributed by atoms with Crippen molar-refractivity contribution in [3.63, 3.8) is 0 Å². The maximum Gasteiger partial charge on any atom is 0.417 e. The summed E-state index contributed by atoms with van der Waals surface area (Å²) in [5.41, 5.74) is -0.773. The summed E-state index contributed by atoms with van der Waals surface area (Å²) in [5.74, 6) is -1.27. The molecule has 3 aromatic rings. The van der Waals surface area contributed by atoms with E-state index in [0.29, 0.717) is 61.2 Å². The third kappa shape index (κ3) is 9.65. The van der Waals surface area contributed by atoms with Gasteiger partial charge in [-0.25, -0.2) is 4.98 Å². The van der Waals surface area contributed by atoms with Gasteiger partial charge in [0.15, 0.2) is 5.11 Å². The van der Waals surface area contributed by atoms with E-state index in [1.165, 1.54) is 12.3 Å². The molecule has 6 rings (SSSR count). The predicted molar refractivity (Wildman–Crippen MR) is 228 cm³/mol. The first-order valence-corrected chi connectivity index (χ1v) is 20.5. The van der Waals surface area contributed by atoms with Gasteiger partial charge in [0.25, 0.3) is 5.91 Å². The quantitative estimate of drug-likeness (QED) is 0.153. The average molecular weight is 873 g/mol. The molecule has 0 saturated carbocycles. The number of nitrogens with zero attached hydrogens (tertiary/aromatic N) is 7. The van der Waals surface area contributed by atoms with Gasteiger partial charge in [-0.15, -0.1) is 0 Å². The van der Waals surface area contributed by atoms with E-state index in [9.17, 15) is 42.9 Å². The number of piperidine rings is 1. The van der Waals surface area contributed by atoms with Crippen LogP contribution in [0.3, 0.4) is 0 Å². The number of ether oxygens (including phenoxy) is 1. The monoisotopic (exact) mass is 872 g/mol. The summed E-state index contributed by atoms with van der Waals surface area (Å²) in [6.45, 7) is 13.5. The molecular formula is C43H47F3N10O5S. The van der Waals surface area contributed by atoms with Gasteiger partial charge in [0, 0.05) is 55.1 Å². The first-order valence-electron chi connectivity index (χ1n) is 20.1. The fourth-order valence-corrected chi connectivity index (χ4v) is 8.42. The Bertz CT molecular complexity index is 2380. The van der Waals surface area contributed by atoms with Crippen molar-refractivity contribution in [1.82, 2.24) is 20.1 Å². The van der Waals surface area contributed by atoms with Crippen LogP contribution in [0.15, 0.2) is 48.7 Å². The van der Waals surface area contributed by atoms with E-state index in [2.05, 4.69) is 43.7 Å². The summed E-state index contributed by atoms with van der Waals surface area (Å²) in [7, 11) is 0. The number of hydrogen-bond donors (Lipinski definition) is 3. The lowest BCUT2D eigenvalue weighted by Gasteiger charge is -2.43. The van der Waals surface area contributed by atoms with Crippen molar-refractivity contribution in [1.29, 1.82) is 10.5 Å².